The number of methoxy groups -OCH3 is 1. The Labute approximate surface area is 128 Å². The number of nitrogens with zero attached hydrogens (tertiary/aromatic N) is 1. The zero-order chi connectivity index (χ0) is 15.6. The second kappa shape index (κ2) is 6.37. The third kappa shape index (κ3) is 3.09. The molecule has 1 saturated heterocycles. The van der Waals surface area contributed by atoms with Gasteiger partial charge in [-0.25, -0.2) is 0 Å². The molecule has 0 spiro atoms. The second-order valence-electron chi connectivity index (χ2n) is 6.73. The Morgan fingerprint density at radius 3 is 2.33 bits per heavy atom. The molecule has 1 aliphatic heterocycles. The zero-order valence-electron chi connectivity index (χ0n) is 14.1. The predicted octanol–water partition coefficient (Wildman–Crippen LogP) is 3.61. The number of hydrogen-bond acceptors (Lipinski definition) is 3. The standard InChI is InChI=1S/C18H29NO2/c1-13-9-10-15(16(21-5)14(13)2)17(20)18(3,4)19-11-7-6-8-12-19/h9-10,17,20H,6-8,11-12H2,1-5H3. The van der Waals surface area contributed by atoms with E-state index in [0.717, 1.165) is 30.0 Å². The third-order valence-corrected chi connectivity index (χ3v) is 5.05. The summed E-state index contributed by atoms with van der Waals surface area (Å²) in [5, 5.41) is 11.0. The number of benzene rings is 1. The molecule has 1 aliphatic rings. The van der Waals surface area contributed by atoms with Gasteiger partial charge in [-0.1, -0.05) is 18.6 Å². The monoisotopic (exact) mass is 291 g/mol. The molecule has 1 aromatic carbocycles. The molecule has 118 valence electrons. The molecule has 1 N–H and O–H groups in total. The van der Waals surface area contributed by atoms with Crippen LogP contribution in [0.4, 0.5) is 0 Å². The van der Waals surface area contributed by atoms with Crippen molar-refractivity contribution >= 4 is 0 Å². The van der Waals surface area contributed by atoms with Crippen molar-refractivity contribution in [2.24, 2.45) is 0 Å². The number of aryl methyl sites for hydroxylation is 1. The highest BCUT2D eigenvalue weighted by atomic mass is 16.5. The van der Waals surface area contributed by atoms with E-state index < -0.39 is 6.10 Å². The molecule has 1 aromatic rings. The van der Waals surface area contributed by atoms with Crippen LogP contribution in [0.1, 0.15) is 55.9 Å². The van der Waals surface area contributed by atoms with Crippen LogP contribution in [0.3, 0.4) is 0 Å². The quantitative estimate of drug-likeness (QED) is 0.920. The van der Waals surface area contributed by atoms with Crippen molar-refractivity contribution in [2.45, 2.75) is 58.6 Å². The molecule has 1 fully saturated rings. The summed E-state index contributed by atoms with van der Waals surface area (Å²) in [7, 11) is 1.69. The lowest BCUT2D eigenvalue weighted by Gasteiger charge is -2.44. The third-order valence-electron chi connectivity index (χ3n) is 5.05. The Morgan fingerprint density at radius 2 is 1.76 bits per heavy atom. The van der Waals surface area contributed by atoms with Crippen LogP contribution in [0, 0.1) is 13.8 Å². The Morgan fingerprint density at radius 1 is 1.14 bits per heavy atom. The topological polar surface area (TPSA) is 32.7 Å². The van der Waals surface area contributed by atoms with Gasteiger partial charge in [0.2, 0.25) is 0 Å². The molecule has 0 amide bonds. The maximum absolute atomic E-state index is 11.0. The van der Waals surface area contributed by atoms with E-state index in [0.29, 0.717) is 0 Å². The van der Waals surface area contributed by atoms with Gasteiger partial charge in [0, 0.05) is 11.1 Å². The number of rotatable bonds is 4. The van der Waals surface area contributed by atoms with Crippen molar-refractivity contribution in [1.82, 2.24) is 4.90 Å². The summed E-state index contributed by atoms with van der Waals surface area (Å²) in [5.41, 5.74) is 2.92. The highest BCUT2D eigenvalue weighted by Crippen LogP contribution is 2.39. The Kier molecular flexibility index (Phi) is 4.95. The van der Waals surface area contributed by atoms with Crippen molar-refractivity contribution in [1.29, 1.82) is 0 Å². The summed E-state index contributed by atoms with van der Waals surface area (Å²) < 4.78 is 5.58. The molecule has 1 unspecified atom stereocenters. The number of likely N-dealkylation sites (tertiary alicyclic amines) is 1. The first kappa shape index (κ1) is 16.3. The molecule has 0 aromatic heterocycles. The normalized spacial score (nSPS) is 18.6. The Hall–Kier alpha value is -1.06. The van der Waals surface area contributed by atoms with E-state index in [2.05, 4.69) is 38.7 Å². The fraction of sp³-hybridized carbons (Fsp3) is 0.667. The maximum atomic E-state index is 11.0. The molecular formula is C18H29NO2. The number of hydrogen-bond donors (Lipinski definition) is 1. The van der Waals surface area contributed by atoms with Crippen molar-refractivity contribution in [3.8, 4) is 5.75 Å². The highest BCUT2D eigenvalue weighted by Gasteiger charge is 2.37. The van der Waals surface area contributed by atoms with E-state index in [1.807, 2.05) is 6.07 Å². The lowest BCUT2D eigenvalue weighted by molar-refractivity contribution is -0.0219. The second-order valence-corrected chi connectivity index (χ2v) is 6.73. The van der Waals surface area contributed by atoms with Gasteiger partial charge in [0.15, 0.2) is 0 Å². The van der Waals surface area contributed by atoms with E-state index in [9.17, 15) is 5.11 Å². The van der Waals surface area contributed by atoms with Gasteiger partial charge in [-0.15, -0.1) is 0 Å². The minimum Gasteiger partial charge on any atom is -0.496 e. The number of aliphatic hydroxyl groups excluding tert-OH is 1. The number of aliphatic hydroxyl groups is 1. The first-order valence-corrected chi connectivity index (χ1v) is 7.96. The molecular weight excluding hydrogens is 262 g/mol. The molecule has 0 radical (unpaired) electrons. The van der Waals surface area contributed by atoms with E-state index >= 15 is 0 Å². The van der Waals surface area contributed by atoms with Crippen molar-refractivity contribution in [2.75, 3.05) is 20.2 Å². The summed E-state index contributed by atoms with van der Waals surface area (Å²) in [5.74, 6) is 0.826. The van der Waals surface area contributed by atoms with Crippen LogP contribution >= 0.6 is 0 Å². The molecule has 2 rings (SSSR count). The lowest BCUT2D eigenvalue weighted by Crippen LogP contribution is -2.50. The van der Waals surface area contributed by atoms with E-state index in [1.54, 1.807) is 7.11 Å². The van der Waals surface area contributed by atoms with Gasteiger partial charge in [-0.2, -0.15) is 0 Å². The smallest absolute Gasteiger partial charge is 0.127 e. The van der Waals surface area contributed by atoms with Gasteiger partial charge in [0.25, 0.3) is 0 Å². The van der Waals surface area contributed by atoms with E-state index in [4.69, 9.17) is 4.74 Å². The van der Waals surface area contributed by atoms with Crippen LogP contribution in [-0.4, -0.2) is 35.7 Å². The molecule has 0 saturated carbocycles. The largest absolute Gasteiger partial charge is 0.496 e. The lowest BCUT2D eigenvalue weighted by atomic mass is 9.86. The van der Waals surface area contributed by atoms with Crippen LogP contribution in [0.2, 0.25) is 0 Å². The fourth-order valence-corrected chi connectivity index (χ4v) is 3.32. The summed E-state index contributed by atoms with van der Waals surface area (Å²) >= 11 is 0. The van der Waals surface area contributed by atoms with Crippen LogP contribution in [0.15, 0.2) is 12.1 Å². The summed E-state index contributed by atoms with van der Waals surface area (Å²) in [6, 6.07) is 4.08. The summed E-state index contributed by atoms with van der Waals surface area (Å²) in [6.45, 7) is 10.5. The first-order valence-electron chi connectivity index (χ1n) is 7.96. The Bertz CT molecular complexity index is 490. The van der Waals surface area contributed by atoms with Gasteiger partial charge >= 0.3 is 0 Å². The minimum atomic E-state index is -0.551. The van der Waals surface area contributed by atoms with E-state index in [1.165, 1.54) is 24.8 Å². The number of ether oxygens (including phenoxy) is 1. The van der Waals surface area contributed by atoms with Crippen molar-refractivity contribution in [3.05, 3.63) is 28.8 Å². The summed E-state index contributed by atoms with van der Waals surface area (Å²) in [4.78, 5) is 2.41. The predicted molar refractivity (Wildman–Crippen MR) is 86.9 cm³/mol. The minimum absolute atomic E-state index is 0.282. The molecule has 21 heavy (non-hydrogen) atoms. The zero-order valence-corrected chi connectivity index (χ0v) is 14.1. The average Bonchev–Trinajstić information content (AvgIpc) is 2.50. The Balaban J connectivity index is 2.34. The molecule has 1 atom stereocenters. The molecule has 3 heteroatoms. The highest BCUT2D eigenvalue weighted by molar-refractivity contribution is 5.47. The van der Waals surface area contributed by atoms with Gasteiger partial charge in [-0.05, 0) is 64.8 Å². The van der Waals surface area contributed by atoms with Crippen LogP contribution in [0.25, 0.3) is 0 Å². The van der Waals surface area contributed by atoms with Crippen LogP contribution in [0.5, 0.6) is 5.75 Å². The van der Waals surface area contributed by atoms with Crippen molar-refractivity contribution < 1.29 is 9.84 Å². The fourth-order valence-electron chi connectivity index (χ4n) is 3.32. The average molecular weight is 291 g/mol. The van der Waals surface area contributed by atoms with Gasteiger partial charge in [-0.3, -0.25) is 4.90 Å². The van der Waals surface area contributed by atoms with Crippen molar-refractivity contribution in [3.63, 3.8) is 0 Å². The number of piperidine rings is 1. The van der Waals surface area contributed by atoms with Gasteiger partial charge in [0.05, 0.1) is 7.11 Å². The first-order chi connectivity index (χ1) is 9.89. The summed E-state index contributed by atoms with van der Waals surface area (Å²) in [6.07, 6.45) is 3.20. The molecule has 3 nitrogen and oxygen atoms in total. The van der Waals surface area contributed by atoms with E-state index in [-0.39, 0.29) is 5.54 Å². The SMILES string of the molecule is COc1c(C(O)C(C)(C)N2CCCCC2)ccc(C)c1C. The molecule has 0 bridgehead atoms. The maximum Gasteiger partial charge on any atom is 0.127 e. The molecule has 0 aliphatic carbocycles. The van der Waals surface area contributed by atoms with Crippen LogP contribution in [-0.2, 0) is 0 Å². The van der Waals surface area contributed by atoms with Gasteiger partial charge < -0.3 is 9.84 Å². The van der Waals surface area contributed by atoms with Gasteiger partial charge in [0.1, 0.15) is 11.9 Å². The molecule has 1 heterocycles. The van der Waals surface area contributed by atoms with Crippen LogP contribution < -0.4 is 4.74 Å².